The number of hydrogen-bond donors (Lipinski definition) is 1. The van der Waals surface area contributed by atoms with Crippen molar-refractivity contribution in [2.75, 3.05) is 32.7 Å². The van der Waals surface area contributed by atoms with Gasteiger partial charge in [-0.15, -0.1) is 0 Å². The monoisotopic (exact) mass is 261 g/mol. The predicted octanol–water partition coefficient (Wildman–Crippen LogP) is 0.401. The molecule has 17 heavy (non-hydrogen) atoms. The van der Waals surface area contributed by atoms with Gasteiger partial charge in [0, 0.05) is 32.2 Å². The highest BCUT2D eigenvalue weighted by atomic mass is 32.2. The molecule has 2 aliphatic heterocycles. The molecule has 0 aliphatic carbocycles. The minimum Gasteiger partial charge on any atom is -0.315 e. The highest BCUT2D eigenvalue weighted by Crippen LogP contribution is 2.20. The van der Waals surface area contributed by atoms with E-state index in [4.69, 9.17) is 0 Å². The normalized spacial score (nSPS) is 27.8. The average molecular weight is 261 g/mol. The lowest BCUT2D eigenvalue weighted by Crippen LogP contribution is -2.50. The van der Waals surface area contributed by atoms with E-state index in [1.54, 1.807) is 8.61 Å². The van der Waals surface area contributed by atoms with Crippen LogP contribution in [0.5, 0.6) is 0 Å². The van der Waals surface area contributed by atoms with Crippen molar-refractivity contribution in [2.45, 2.75) is 38.6 Å². The number of likely N-dealkylation sites (N-methyl/N-ethyl adjacent to an activating group) is 1. The van der Waals surface area contributed by atoms with Crippen molar-refractivity contribution in [1.82, 2.24) is 13.9 Å². The Bertz CT molecular complexity index is 333. The molecule has 0 aromatic heterocycles. The van der Waals surface area contributed by atoms with E-state index in [2.05, 4.69) is 5.32 Å². The van der Waals surface area contributed by atoms with Gasteiger partial charge in [0.2, 0.25) is 0 Å². The number of nitrogens with one attached hydrogen (secondary N) is 1. The van der Waals surface area contributed by atoms with E-state index in [1.807, 2.05) is 6.92 Å². The smallest absolute Gasteiger partial charge is 0.282 e. The number of hydrogen-bond acceptors (Lipinski definition) is 3. The summed E-state index contributed by atoms with van der Waals surface area (Å²) >= 11 is 0. The Balaban J connectivity index is 2.10. The molecule has 0 saturated carbocycles. The third-order valence-corrected chi connectivity index (χ3v) is 5.86. The largest absolute Gasteiger partial charge is 0.315 e. The Labute approximate surface area is 104 Å². The molecule has 100 valence electrons. The number of nitrogens with zero attached hydrogens (tertiary/aromatic N) is 2. The van der Waals surface area contributed by atoms with E-state index in [0.29, 0.717) is 19.6 Å². The summed E-state index contributed by atoms with van der Waals surface area (Å²) in [5, 5.41) is 3.24. The third-order valence-electron chi connectivity index (χ3n) is 3.69. The van der Waals surface area contributed by atoms with Gasteiger partial charge in [-0.25, -0.2) is 0 Å². The fraction of sp³-hybridized carbons (Fsp3) is 1.00. The van der Waals surface area contributed by atoms with Crippen LogP contribution in [-0.4, -0.2) is 55.8 Å². The highest BCUT2D eigenvalue weighted by Gasteiger charge is 2.35. The van der Waals surface area contributed by atoms with Gasteiger partial charge in [0.1, 0.15) is 0 Å². The minimum atomic E-state index is -3.23. The van der Waals surface area contributed by atoms with Crippen molar-refractivity contribution >= 4 is 10.2 Å². The van der Waals surface area contributed by atoms with Crippen molar-refractivity contribution in [1.29, 1.82) is 0 Å². The van der Waals surface area contributed by atoms with E-state index in [-0.39, 0.29) is 6.04 Å². The zero-order valence-corrected chi connectivity index (χ0v) is 11.4. The van der Waals surface area contributed by atoms with Crippen molar-refractivity contribution in [2.24, 2.45) is 0 Å². The van der Waals surface area contributed by atoms with Crippen molar-refractivity contribution in [3.8, 4) is 0 Å². The summed E-state index contributed by atoms with van der Waals surface area (Å²) in [5.74, 6) is 0. The van der Waals surface area contributed by atoms with Crippen LogP contribution >= 0.6 is 0 Å². The molecule has 1 atom stereocenters. The zero-order chi connectivity index (χ0) is 12.3. The second-order valence-corrected chi connectivity index (χ2v) is 6.70. The Morgan fingerprint density at radius 1 is 1.29 bits per heavy atom. The predicted molar refractivity (Wildman–Crippen MR) is 68.0 cm³/mol. The molecule has 1 N–H and O–H groups in total. The van der Waals surface area contributed by atoms with Crippen LogP contribution in [0, 0.1) is 0 Å². The summed E-state index contributed by atoms with van der Waals surface area (Å²) in [6.45, 7) is 5.61. The Kier molecular flexibility index (Phi) is 4.41. The van der Waals surface area contributed by atoms with Crippen molar-refractivity contribution in [3.05, 3.63) is 0 Å². The number of rotatable bonds is 4. The van der Waals surface area contributed by atoms with Crippen LogP contribution in [0.2, 0.25) is 0 Å². The molecule has 5 nitrogen and oxygen atoms in total. The van der Waals surface area contributed by atoms with Gasteiger partial charge >= 0.3 is 0 Å². The Hall–Kier alpha value is -0.170. The second-order valence-electron chi connectivity index (χ2n) is 4.82. The third kappa shape index (κ3) is 2.81. The molecule has 0 radical (unpaired) electrons. The van der Waals surface area contributed by atoms with Gasteiger partial charge in [0.05, 0.1) is 0 Å². The van der Waals surface area contributed by atoms with Crippen LogP contribution in [-0.2, 0) is 10.2 Å². The van der Waals surface area contributed by atoms with Crippen LogP contribution < -0.4 is 5.32 Å². The van der Waals surface area contributed by atoms with Gasteiger partial charge < -0.3 is 5.32 Å². The van der Waals surface area contributed by atoms with Gasteiger partial charge in [-0.1, -0.05) is 13.3 Å². The molecule has 2 fully saturated rings. The fourth-order valence-electron chi connectivity index (χ4n) is 2.74. The second kappa shape index (κ2) is 5.65. The van der Waals surface area contributed by atoms with Crippen LogP contribution in [0.15, 0.2) is 0 Å². The summed E-state index contributed by atoms with van der Waals surface area (Å²) in [6.07, 6.45) is 4.09. The lowest BCUT2D eigenvalue weighted by atomic mass is 10.2. The first-order chi connectivity index (χ1) is 8.16. The van der Waals surface area contributed by atoms with Crippen molar-refractivity contribution < 1.29 is 8.42 Å². The summed E-state index contributed by atoms with van der Waals surface area (Å²) in [6, 6.07) is 0.145. The molecule has 0 aromatic carbocycles. The topological polar surface area (TPSA) is 52.7 Å². The maximum atomic E-state index is 12.5. The zero-order valence-electron chi connectivity index (χ0n) is 10.6. The minimum absolute atomic E-state index is 0.145. The Morgan fingerprint density at radius 3 is 2.53 bits per heavy atom. The average Bonchev–Trinajstić information content (AvgIpc) is 2.84. The lowest BCUT2D eigenvalue weighted by Gasteiger charge is -2.34. The molecule has 0 bridgehead atoms. The van der Waals surface area contributed by atoms with Gasteiger partial charge in [-0.05, 0) is 25.8 Å². The van der Waals surface area contributed by atoms with E-state index >= 15 is 0 Å². The summed E-state index contributed by atoms with van der Waals surface area (Å²) in [4.78, 5) is 0. The maximum absolute atomic E-state index is 12.5. The molecule has 1 unspecified atom stereocenters. The van der Waals surface area contributed by atoms with E-state index in [1.165, 1.54) is 0 Å². The lowest BCUT2D eigenvalue weighted by molar-refractivity contribution is 0.279. The molecule has 0 spiro atoms. The van der Waals surface area contributed by atoms with E-state index in [0.717, 1.165) is 38.8 Å². The van der Waals surface area contributed by atoms with Crippen molar-refractivity contribution in [3.63, 3.8) is 0 Å². The SMILES string of the molecule is CCN(C1CCNC1)S(=O)(=O)N1CCCCC1. The molecule has 0 amide bonds. The summed E-state index contributed by atoms with van der Waals surface area (Å²) < 4.78 is 28.4. The fourth-order valence-corrected chi connectivity index (χ4v) is 4.64. The molecular weight excluding hydrogens is 238 g/mol. The van der Waals surface area contributed by atoms with Gasteiger partial charge in [-0.2, -0.15) is 17.0 Å². The number of piperidine rings is 1. The van der Waals surface area contributed by atoms with Crippen LogP contribution in [0.1, 0.15) is 32.6 Å². The molecule has 6 heteroatoms. The molecular formula is C11H23N3O2S. The summed E-state index contributed by atoms with van der Waals surface area (Å²) in [5.41, 5.74) is 0. The maximum Gasteiger partial charge on any atom is 0.282 e. The molecule has 2 heterocycles. The highest BCUT2D eigenvalue weighted by molar-refractivity contribution is 7.86. The first kappa shape index (κ1) is 13.3. The van der Waals surface area contributed by atoms with E-state index in [9.17, 15) is 8.42 Å². The van der Waals surface area contributed by atoms with Crippen LogP contribution in [0.25, 0.3) is 0 Å². The summed E-state index contributed by atoms with van der Waals surface area (Å²) in [7, 11) is -3.23. The van der Waals surface area contributed by atoms with Crippen LogP contribution in [0.4, 0.5) is 0 Å². The quantitative estimate of drug-likeness (QED) is 0.797. The van der Waals surface area contributed by atoms with Gasteiger partial charge in [0.15, 0.2) is 0 Å². The molecule has 2 saturated heterocycles. The van der Waals surface area contributed by atoms with Crippen LogP contribution in [0.3, 0.4) is 0 Å². The standard InChI is InChI=1S/C11H23N3O2S/c1-2-14(11-6-7-12-10-11)17(15,16)13-8-4-3-5-9-13/h11-12H,2-10H2,1H3. The molecule has 2 aliphatic rings. The first-order valence-corrected chi connectivity index (χ1v) is 8.03. The molecule has 2 rings (SSSR count). The van der Waals surface area contributed by atoms with E-state index < -0.39 is 10.2 Å². The van der Waals surface area contributed by atoms with Gasteiger partial charge in [0.25, 0.3) is 10.2 Å². The van der Waals surface area contributed by atoms with Gasteiger partial charge in [-0.3, -0.25) is 0 Å². The Morgan fingerprint density at radius 2 is 2.00 bits per heavy atom. The molecule has 0 aromatic rings. The first-order valence-electron chi connectivity index (χ1n) is 6.64.